The third-order valence-electron chi connectivity index (χ3n) is 4.74. The molecule has 0 saturated carbocycles. The Balaban J connectivity index is 1.62. The van der Waals surface area contributed by atoms with Gasteiger partial charge in [0, 0.05) is 34.5 Å². The standard InChI is InChI=1S/C21H15FN6/c1-12-18(22)3-5-20(27-12)21-17(11-26-28-21)13-2-4-19-14(6-13)7-15(8-23-19)16-9-24-25-10-16/h2-11H,1H3,(H,24,25)(H,26,28). The van der Waals surface area contributed by atoms with Gasteiger partial charge in [0.15, 0.2) is 0 Å². The van der Waals surface area contributed by atoms with Gasteiger partial charge in [0.25, 0.3) is 0 Å². The molecule has 5 rings (SSSR count). The van der Waals surface area contributed by atoms with Gasteiger partial charge in [-0.1, -0.05) is 6.07 Å². The number of benzene rings is 1. The summed E-state index contributed by atoms with van der Waals surface area (Å²) in [6, 6.07) is 11.2. The summed E-state index contributed by atoms with van der Waals surface area (Å²) in [4.78, 5) is 8.88. The number of nitrogens with zero attached hydrogens (tertiary/aromatic N) is 4. The van der Waals surface area contributed by atoms with Gasteiger partial charge in [-0.05, 0) is 42.8 Å². The zero-order valence-corrected chi connectivity index (χ0v) is 14.9. The molecule has 0 aliphatic rings. The van der Waals surface area contributed by atoms with E-state index in [9.17, 15) is 4.39 Å². The molecule has 28 heavy (non-hydrogen) atoms. The number of H-pyrrole nitrogens is 2. The van der Waals surface area contributed by atoms with Crippen molar-refractivity contribution >= 4 is 10.9 Å². The third kappa shape index (κ3) is 2.73. The first-order valence-corrected chi connectivity index (χ1v) is 8.75. The van der Waals surface area contributed by atoms with Crippen LogP contribution < -0.4 is 0 Å². The summed E-state index contributed by atoms with van der Waals surface area (Å²) >= 11 is 0. The van der Waals surface area contributed by atoms with Gasteiger partial charge in [-0.25, -0.2) is 9.37 Å². The summed E-state index contributed by atoms with van der Waals surface area (Å²) in [5.41, 5.74) is 6.50. The van der Waals surface area contributed by atoms with Crippen LogP contribution in [0, 0.1) is 12.7 Å². The minimum Gasteiger partial charge on any atom is -0.285 e. The lowest BCUT2D eigenvalue weighted by molar-refractivity contribution is 0.610. The fourth-order valence-corrected chi connectivity index (χ4v) is 3.25. The summed E-state index contributed by atoms with van der Waals surface area (Å²) in [7, 11) is 0. The zero-order chi connectivity index (χ0) is 19.1. The van der Waals surface area contributed by atoms with Gasteiger partial charge in [0.2, 0.25) is 0 Å². The van der Waals surface area contributed by atoms with E-state index < -0.39 is 0 Å². The van der Waals surface area contributed by atoms with Crippen molar-refractivity contribution in [1.29, 1.82) is 0 Å². The number of pyridine rings is 2. The van der Waals surface area contributed by atoms with Crippen LogP contribution in [0.3, 0.4) is 0 Å². The van der Waals surface area contributed by atoms with E-state index in [1.54, 1.807) is 25.4 Å². The van der Waals surface area contributed by atoms with E-state index in [0.717, 1.165) is 38.9 Å². The van der Waals surface area contributed by atoms with Crippen LogP contribution in [0.15, 0.2) is 61.2 Å². The van der Waals surface area contributed by atoms with Crippen LogP contribution in [0.5, 0.6) is 0 Å². The Morgan fingerprint density at radius 2 is 1.79 bits per heavy atom. The second-order valence-corrected chi connectivity index (χ2v) is 6.54. The van der Waals surface area contributed by atoms with E-state index in [2.05, 4.69) is 42.5 Å². The Labute approximate surface area is 159 Å². The Morgan fingerprint density at radius 3 is 2.61 bits per heavy atom. The van der Waals surface area contributed by atoms with Gasteiger partial charge in [-0.3, -0.25) is 15.2 Å². The van der Waals surface area contributed by atoms with E-state index in [1.165, 1.54) is 6.07 Å². The molecule has 0 spiro atoms. The Hall–Kier alpha value is -3.87. The molecule has 4 aromatic heterocycles. The van der Waals surface area contributed by atoms with Crippen LogP contribution in [0.1, 0.15) is 5.69 Å². The van der Waals surface area contributed by atoms with Crippen LogP contribution in [0.2, 0.25) is 0 Å². The van der Waals surface area contributed by atoms with Crippen molar-refractivity contribution in [2.75, 3.05) is 0 Å². The minimum absolute atomic E-state index is 0.326. The molecule has 0 unspecified atom stereocenters. The molecule has 136 valence electrons. The molecule has 1 aromatic carbocycles. The molecule has 2 N–H and O–H groups in total. The molecule has 0 atom stereocenters. The van der Waals surface area contributed by atoms with Crippen molar-refractivity contribution in [3.63, 3.8) is 0 Å². The van der Waals surface area contributed by atoms with E-state index in [4.69, 9.17) is 0 Å². The van der Waals surface area contributed by atoms with Crippen molar-refractivity contribution in [2.45, 2.75) is 6.92 Å². The monoisotopic (exact) mass is 370 g/mol. The number of aryl methyl sites for hydroxylation is 1. The maximum atomic E-state index is 13.6. The summed E-state index contributed by atoms with van der Waals surface area (Å²) in [5.74, 6) is -0.326. The molecule has 0 aliphatic carbocycles. The molecule has 6 nitrogen and oxygen atoms in total. The first kappa shape index (κ1) is 16.3. The van der Waals surface area contributed by atoms with Crippen molar-refractivity contribution in [1.82, 2.24) is 30.4 Å². The third-order valence-corrected chi connectivity index (χ3v) is 4.74. The Bertz CT molecular complexity index is 1290. The lowest BCUT2D eigenvalue weighted by Crippen LogP contribution is -1.92. The average Bonchev–Trinajstić information content (AvgIpc) is 3.41. The molecule has 4 heterocycles. The second kappa shape index (κ2) is 6.38. The molecule has 0 fully saturated rings. The number of hydrogen-bond acceptors (Lipinski definition) is 4. The number of fused-ring (bicyclic) bond motifs is 1. The summed E-state index contributed by atoms with van der Waals surface area (Å²) in [6.45, 7) is 1.65. The van der Waals surface area contributed by atoms with E-state index in [1.807, 2.05) is 24.5 Å². The highest BCUT2D eigenvalue weighted by molar-refractivity contribution is 5.90. The van der Waals surface area contributed by atoms with Gasteiger partial charge < -0.3 is 0 Å². The fraction of sp³-hybridized carbons (Fsp3) is 0.0476. The van der Waals surface area contributed by atoms with Gasteiger partial charge in [0.1, 0.15) is 5.82 Å². The van der Waals surface area contributed by atoms with Crippen LogP contribution in [0.25, 0.3) is 44.5 Å². The molecule has 0 bridgehead atoms. The average molecular weight is 370 g/mol. The highest BCUT2D eigenvalue weighted by Gasteiger charge is 2.13. The smallest absolute Gasteiger partial charge is 0.144 e. The number of rotatable bonds is 3. The second-order valence-electron chi connectivity index (χ2n) is 6.54. The summed E-state index contributed by atoms with van der Waals surface area (Å²) in [6.07, 6.45) is 7.19. The van der Waals surface area contributed by atoms with Crippen molar-refractivity contribution in [2.24, 2.45) is 0 Å². The first-order chi connectivity index (χ1) is 13.7. The first-order valence-electron chi connectivity index (χ1n) is 8.75. The normalized spacial score (nSPS) is 11.2. The van der Waals surface area contributed by atoms with E-state index in [-0.39, 0.29) is 5.82 Å². The predicted octanol–water partition coefficient (Wildman–Crippen LogP) is 4.52. The molecule has 7 heteroatoms. The highest BCUT2D eigenvalue weighted by atomic mass is 19.1. The van der Waals surface area contributed by atoms with Gasteiger partial charge in [-0.2, -0.15) is 10.2 Å². The Morgan fingerprint density at radius 1 is 0.893 bits per heavy atom. The lowest BCUT2D eigenvalue weighted by atomic mass is 10.0. The SMILES string of the molecule is Cc1nc(-c2[nH]ncc2-c2ccc3ncc(-c4cn[nH]c4)cc3c2)ccc1F. The maximum absolute atomic E-state index is 13.6. The fourth-order valence-electron chi connectivity index (χ4n) is 3.25. The lowest BCUT2D eigenvalue weighted by Gasteiger charge is -2.07. The quantitative estimate of drug-likeness (QED) is 0.489. The predicted molar refractivity (Wildman–Crippen MR) is 105 cm³/mol. The molecule has 0 amide bonds. The van der Waals surface area contributed by atoms with Crippen LogP contribution in [-0.2, 0) is 0 Å². The van der Waals surface area contributed by atoms with Crippen LogP contribution >= 0.6 is 0 Å². The van der Waals surface area contributed by atoms with Gasteiger partial charge >= 0.3 is 0 Å². The van der Waals surface area contributed by atoms with Crippen molar-refractivity contribution < 1.29 is 4.39 Å². The minimum atomic E-state index is -0.326. The highest BCUT2D eigenvalue weighted by Crippen LogP contribution is 2.32. The molecule has 0 saturated heterocycles. The molecule has 0 aliphatic heterocycles. The number of aromatic nitrogens is 6. The van der Waals surface area contributed by atoms with Gasteiger partial charge in [-0.15, -0.1) is 0 Å². The number of halogens is 1. The Kier molecular flexibility index (Phi) is 3.72. The van der Waals surface area contributed by atoms with Crippen molar-refractivity contribution in [3.05, 3.63) is 72.7 Å². The number of aromatic amines is 2. The zero-order valence-electron chi connectivity index (χ0n) is 14.9. The molecular formula is C21H15FN6. The number of hydrogen-bond donors (Lipinski definition) is 2. The largest absolute Gasteiger partial charge is 0.285 e. The molecular weight excluding hydrogens is 355 g/mol. The topological polar surface area (TPSA) is 83.1 Å². The number of nitrogens with one attached hydrogen (secondary N) is 2. The molecule has 5 aromatic rings. The summed E-state index contributed by atoms with van der Waals surface area (Å²) in [5, 5.41) is 15.0. The van der Waals surface area contributed by atoms with Gasteiger partial charge in [0.05, 0.1) is 35.0 Å². The van der Waals surface area contributed by atoms with Crippen LogP contribution in [-0.4, -0.2) is 30.4 Å². The summed E-state index contributed by atoms with van der Waals surface area (Å²) < 4.78 is 13.6. The van der Waals surface area contributed by atoms with Crippen LogP contribution in [0.4, 0.5) is 4.39 Å². The maximum Gasteiger partial charge on any atom is 0.144 e. The van der Waals surface area contributed by atoms with Crippen molar-refractivity contribution in [3.8, 4) is 33.6 Å². The van der Waals surface area contributed by atoms with E-state index >= 15 is 0 Å². The van der Waals surface area contributed by atoms with E-state index in [0.29, 0.717) is 11.4 Å². The molecule has 0 radical (unpaired) electrons.